The van der Waals surface area contributed by atoms with E-state index in [2.05, 4.69) is 181 Å². The van der Waals surface area contributed by atoms with Crippen LogP contribution in [-0.4, -0.2) is 9.13 Å². The van der Waals surface area contributed by atoms with Gasteiger partial charge in [0.15, 0.2) is 0 Å². The maximum Gasteiger partial charge on any atom is 0.0641 e. The van der Waals surface area contributed by atoms with Crippen LogP contribution in [0.1, 0.15) is 25.0 Å². The number of rotatable bonds is 3. The molecule has 11 rings (SSSR count). The minimum atomic E-state index is -0.144. The first-order valence-corrected chi connectivity index (χ1v) is 18.2. The molecule has 0 radical (unpaired) electrons. The van der Waals surface area contributed by atoms with E-state index in [1.807, 2.05) is 11.3 Å². The fourth-order valence-electron chi connectivity index (χ4n) is 8.89. The standard InChI is InChI=1S/C47H32N2S/c1-47(2)38-19-9-6-17-35(38)45-44(47)37-28-30(24-26-41(37)49(45)42-21-12-18-34-33-16-8-11-22-43(33)50-46(34)42)29-23-25-40-36(27-29)32-15-7-10-20-39(32)48(40)31-13-4-3-5-14-31/h3-28H,1-2H3. The van der Waals surface area contributed by atoms with Crippen molar-refractivity contribution in [2.75, 3.05) is 0 Å². The number of thiophene rings is 1. The SMILES string of the molecule is CC1(C)c2ccccc2-c2c1c1cc(-c3ccc4c(c3)c3ccccc3n4-c3ccccc3)ccc1n2-c1cccc2c1sc1ccccc12. The maximum atomic E-state index is 2.57. The van der Waals surface area contributed by atoms with Gasteiger partial charge in [0.05, 0.1) is 32.6 Å². The molecule has 3 heterocycles. The van der Waals surface area contributed by atoms with Gasteiger partial charge in [0.2, 0.25) is 0 Å². The summed E-state index contributed by atoms with van der Waals surface area (Å²) in [7, 11) is 0. The summed E-state index contributed by atoms with van der Waals surface area (Å²) in [6, 6.07) is 58.3. The van der Waals surface area contributed by atoms with Gasteiger partial charge in [0, 0.05) is 48.3 Å². The summed E-state index contributed by atoms with van der Waals surface area (Å²) in [5.41, 5.74) is 13.9. The molecule has 0 N–H and O–H groups in total. The topological polar surface area (TPSA) is 9.86 Å². The zero-order valence-electron chi connectivity index (χ0n) is 27.8. The molecule has 10 aromatic rings. The van der Waals surface area contributed by atoms with Crippen molar-refractivity contribution in [3.63, 3.8) is 0 Å². The van der Waals surface area contributed by atoms with Crippen LogP contribution in [0.2, 0.25) is 0 Å². The van der Waals surface area contributed by atoms with Crippen LogP contribution in [0.4, 0.5) is 0 Å². The molecule has 3 aromatic heterocycles. The van der Waals surface area contributed by atoms with Crippen LogP contribution >= 0.6 is 11.3 Å². The predicted molar refractivity (Wildman–Crippen MR) is 214 cm³/mol. The Morgan fingerprint density at radius 3 is 1.96 bits per heavy atom. The monoisotopic (exact) mass is 656 g/mol. The quantitative estimate of drug-likeness (QED) is 0.179. The van der Waals surface area contributed by atoms with E-state index in [0.717, 1.165) is 0 Å². The molecule has 7 aromatic carbocycles. The molecule has 2 nitrogen and oxygen atoms in total. The second kappa shape index (κ2) is 10.1. The van der Waals surface area contributed by atoms with Gasteiger partial charge in [-0.05, 0) is 76.9 Å². The highest BCUT2D eigenvalue weighted by atomic mass is 32.1. The molecule has 0 saturated carbocycles. The molecule has 0 unspecified atom stereocenters. The van der Waals surface area contributed by atoms with Gasteiger partial charge in [0.25, 0.3) is 0 Å². The summed E-state index contributed by atoms with van der Waals surface area (Å²) in [6.07, 6.45) is 0. The predicted octanol–water partition coefficient (Wildman–Crippen LogP) is 13.1. The van der Waals surface area contributed by atoms with Crippen LogP contribution in [0.25, 0.3) is 86.6 Å². The molecule has 0 saturated heterocycles. The van der Waals surface area contributed by atoms with E-state index in [1.165, 1.54) is 97.8 Å². The Hall–Kier alpha value is -5.90. The highest BCUT2D eigenvalue weighted by Gasteiger charge is 2.40. The number of para-hydroxylation sites is 2. The van der Waals surface area contributed by atoms with Crippen LogP contribution in [0.5, 0.6) is 0 Å². The van der Waals surface area contributed by atoms with Gasteiger partial charge in [-0.2, -0.15) is 0 Å². The summed E-state index contributed by atoms with van der Waals surface area (Å²) in [6.45, 7) is 4.80. The average molecular weight is 657 g/mol. The fraction of sp³-hybridized carbons (Fsp3) is 0.0638. The molecule has 0 amide bonds. The van der Waals surface area contributed by atoms with Crippen LogP contribution in [-0.2, 0) is 5.41 Å². The minimum absolute atomic E-state index is 0.144. The smallest absolute Gasteiger partial charge is 0.0641 e. The molecule has 3 heteroatoms. The Bertz CT molecular complexity index is 3010. The number of fused-ring (bicyclic) bond motifs is 11. The van der Waals surface area contributed by atoms with E-state index in [0.29, 0.717) is 0 Å². The van der Waals surface area contributed by atoms with Crippen molar-refractivity contribution in [3.05, 3.63) is 169 Å². The Morgan fingerprint density at radius 2 is 1.12 bits per heavy atom. The summed E-state index contributed by atoms with van der Waals surface area (Å²) in [4.78, 5) is 0. The van der Waals surface area contributed by atoms with E-state index >= 15 is 0 Å². The lowest BCUT2D eigenvalue weighted by molar-refractivity contribution is 0.666. The highest BCUT2D eigenvalue weighted by molar-refractivity contribution is 7.26. The second-order valence-corrected chi connectivity index (χ2v) is 15.2. The number of benzene rings is 7. The lowest BCUT2D eigenvalue weighted by Crippen LogP contribution is -2.14. The van der Waals surface area contributed by atoms with Gasteiger partial charge in [-0.25, -0.2) is 0 Å². The Balaban J connectivity index is 1.18. The Kier molecular flexibility index (Phi) is 5.64. The van der Waals surface area contributed by atoms with Crippen molar-refractivity contribution in [2.45, 2.75) is 19.3 Å². The van der Waals surface area contributed by atoms with E-state index in [-0.39, 0.29) is 5.41 Å². The molecule has 0 spiro atoms. The van der Waals surface area contributed by atoms with Gasteiger partial charge < -0.3 is 9.13 Å². The number of hydrogen-bond donors (Lipinski definition) is 0. The first kappa shape index (κ1) is 28.0. The van der Waals surface area contributed by atoms with Crippen molar-refractivity contribution < 1.29 is 0 Å². The minimum Gasteiger partial charge on any atom is -0.309 e. The normalized spacial score (nSPS) is 13.6. The molecular formula is C47H32N2S. The number of aromatic nitrogens is 2. The Morgan fingerprint density at radius 1 is 0.480 bits per heavy atom. The molecule has 50 heavy (non-hydrogen) atoms. The molecule has 0 atom stereocenters. The first-order valence-electron chi connectivity index (χ1n) is 17.4. The van der Waals surface area contributed by atoms with Gasteiger partial charge in [-0.15, -0.1) is 11.3 Å². The second-order valence-electron chi connectivity index (χ2n) is 14.1. The molecule has 1 aliphatic carbocycles. The molecule has 0 bridgehead atoms. The number of hydrogen-bond acceptors (Lipinski definition) is 1. The van der Waals surface area contributed by atoms with Gasteiger partial charge in [0.1, 0.15) is 0 Å². The summed E-state index contributed by atoms with van der Waals surface area (Å²) in [5.74, 6) is 0. The van der Waals surface area contributed by atoms with Crippen LogP contribution in [0.15, 0.2) is 158 Å². The summed E-state index contributed by atoms with van der Waals surface area (Å²) in [5, 5.41) is 6.52. The number of nitrogens with zero attached hydrogens (tertiary/aromatic N) is 2. The van der Waals surface area contributed by atoms with Gasteiger partial charge >= 0.3 is 0 Å². The van der Waals surface area contributed by atoms with Crippen LogP contribution < -0.4 is 0 Å². The van der Waals surface area contributed by atoms with Crippen molar-refractivity contribution >= 4 is 64.2 Å². The van der Waals surface area contributed by atoms with E-state index in [9.17, 15) is 0 Å². The van der Waals surface area contributed by atoms with Crippen LogP contribution in [0, 0.1) is 0 Å². The van der Waals surface area contributed by atoms with E-state index in [1.54, 1.807) is 0 Å². The highest BCUT2D eigenvalue weighted by Crippen LogP contribution is 2.55. The van der Waals surface area contributed by atoms with Crippen molar-refractivity contribution in [3.8, 4) is 33.8 Å². The fourth-order valence-corrected chi connectivity index (χ4v) is 10.1. The Labute approximate surface area is 294 Å². The zero-order valence-corrected chi connectivity index (χ0v) is 28.6. The summed E-state index contributed by atoms with van der Waals surface area (Å²) < 4.78 is 7.62. The van der Waals surface area contributed by atoms with Crippen molar-refractivity contribution in [1.82, 2.24) is 9.13 Å². The van der Waals surface area contributed by atoms with Gasteiger partial charge in [-0.3, -0.25) is 0 Å². The largest absolute Gasteiger partial charge is 0.309 e. The molecule has 0 fully saturated rings. The van der Waals surface area contributed by atoms with Gasteiger partial charge in [-0.1, -0.05) is 117 Å². The molecule has 1 aliphatic rings. The third-order valence-corrected chi connectivity index (χ3v) is 12.3. The maximum absolute atomic E-state index is 2.57. The summed E-state index contributed by atoms with van der Waals surface area (Å²) >= 11 is 1.90. The third-order valence-electron chi connectivity index (χ3n) is 11.1. The molecule has 236 valence electrons. The van der Waals surface area contributed by atoms with E-state index < -0.39 is 0 Å². The third kappa shape index (κ3) is 3.68. The van der Waals surface area contributed by atoms with Crippen LogP contribution in [0.3, 0.4) is 0 Å². The first-order chi connectivity index (χ1) is 24.6. The average Bonchev–Trinajstić information content (AvgIpc) is 3.87. The van der Waals surface area contributed by atoms with E-state index in [4.69, 9.17) is 0 Å². The van der Waals surface area contributed by atoms with Crippen molar-refractivity contribution in [2.24, 2.45) is 0 Å². The lowest BCUT2D eigenvalue weighted by atomic mass is 9.81. The zero-order chi connectivity index (χ0) is 33.1. The van der Waals surface area contributed by atoms with Crippen molar-refractivity contribution in [1.29, 1.82) is 0 Å². The molecule has 0 aliphatic heterocycles. The molecular weight excluding hydrogens is 625 g/mol. The lowest BCUT2D eigenvalue weighted by Gasteiger charge is -2.21.